The maximum atomic E-state index is 14.1. The van der Waals surface area contributed by atoms with Crippen molar-refractivity contribution in [1.29, 1.82) is 0 Å². The zero-order valence-electron chi connectivity index (χ0n) is 20.5. The number of carbonyl (C=O) groups is 2. The number of alkyl halides is 3. The van der Waals surface area contributed by atoms with Crippen molar-refractivity contribution in [2.24, 2.45) is 7.05 Å². The Morgan fingerprint density at radius 3 is 2.33 bits per heavy atom. The van der Waals surface area contributed by atoms with E-state index in [9.17, 15) is 36.3 Å². The van der Waals surface area contributed by atoms with Crippen LogP contribution >= 0.6 is 0 Å². The molecule has 0 bridgehead atoms. The number of carbonyl (C=O) groups excluding carboxylic acids is 2. The first-order valence-corrected chi connectivity index (χ1v) is 11.4. The number of hydrogen-bond acceptors (Lipinski definition) is 5. The van der Waals surface area contributed by atoms with Gasteiger partial charge in [-0.1, -0.05) is 24.3 Å². The largest absolute Gasteiger partial charge is 0.467 e. The van der Waals surface area contributed by atoms with Crippen LogP contribution in [0.1, 0.15) is 21.5 Å². The standard InChI is InChI=1S/C27H20F5N3O4/c1-35-10-9-18(27(30,31)32)22(25(35)37)17-13-33-12-16-14(5-3-6-15(16)17)11-21(26(38)39-2)34-24(36)23-19(28)7-4-8-20(23)29/h3-10,12-13,21H,11H2,1-2H3,(H,34,36)/t21-/m0/s1. The fourth-order valence-corrected chi connectivity index (χ4v) is 4.26. The lowest BCUT2D eigenvalue weighted by atomic mass is 9.93. The molecule has 1 atom stereocenters. The van der Waals surface area contributed by atoms with E-state index in [0.717, 1.165) is 48.3 Å². The monoisotopic (exact) mass is 545 g/mol. The van der Waals surface area contributed by atoms with Crippen LogP contribution in [0.4, 0.5) is 22.0 Å². The van der Waals surface area contributed by atoms with Crippen LogP contribution in [-0.4, -0.2) is 34.6 Å². The number of amides is 1. The summed E-state index contributed by atoms with van der Waals surface area (Å²) in [5.41, 5.74) is -3.28. The van der Waals surface area contributed by atoms with Crippen molar-refractivity contribution in [3.8, 4) is 11.1 Å². The number of fused-ring (bicyclic) bond motifs is 1. The number of rotatable bonds is 6. The predicted octanol–water partition coefficient (Wildman–Crippen LogP) is 4.41. The number of ether oxygens (including phenoxy) is 1. The second-order valence-corrected chi connectivity index (χ2v) is 8.57. The van der Waals surface area contributed by atoms with Gasteiger partial charge in [0.1, 0.15) is 23.2 Å². The van der Waals surface area contributed by atoms with Crippen LogP contribution in [0.25, 0.3) is 21.9 Å². The molecular weight excluding hydrogens is 525 g/mol. The van der Waals surface area contributed by atoms with Crippen molar-refractivity contribution < 1.29 is 36.3 Å². The fraction of sp³-hybridized carbons (Fsp3) is 0.185. The second kappa shape index (κ2) is 10.6. The van der Waals surface area contributed by atoms with E-state index in [0.29, 0.717) is 5.56 Å². The zero-order chi connectivity index (χ0) is 28.5. The van der Waals surface area contributed by atoms with Crippen molar-refractivity contribution in [2.45, 2.75) is 18.6 Å². The molecule has 2 aromatic carbocycles. The molecule has 0 spiro atoms. The first kappa shape index (κ1) is 27.4. The van der Waals surface area contributed by atoms with Gasteiger partial charge in [-0.05, 0) is 29.1 Å². The molecule has 202 valence electrons. The number of aromatic nitrogens is 2. The van der Waals surface area contributed by atoms with Crippen LogP contribution in [0.15, 0.2) is 65.8 Å². The summed E-state index contributed by atoms with van der Waals surface area (Å²) in [6, 6.07) is 6.73. The Balaban J connectivity index is 1.81. The average Bonchev–Trinajstić information content (AvgIpc) is 2.88. The Morgan fingerprint density at radius 1 is 1.03 bits per heavy atom. The van der Waals surface area contributed by atoms with Gasteiger partial charge in [-0.2, -0.15) is 13.2 Å². The third-order valence-corrected chi connectivity index (χ3v) is 6.14. The van der Waals surface area contributed by atoms with E-state index in [-0.39, 0.29) is 22.8 Å². The molecule has 4 rings (SSSR count). The summed E-state index contributed by atoms with van der Waals surface area (Å²) >= 11 is 0. The van der Waals surface area contributed by atoms with E-state index >= 15 is 0 Å². The quantitative estimate of drug-likeness (QED) is 0.286. The Morgan fingerprint density at radius 2 is 1.69 bits per heavy atom. The van der Waals surface area contributed by atoms with Gasteiger partial charge < -0.3 is 14.6 Å². The van der Waals surface area contributed by atoms with Gasteiger partial charge in [0.25, 0.3) is 11.5 Å². The summed E-state index contributed by atoms with van der Waals surface area (Å²) in [6.45, 7) is 0. The molecule has 0 aliphatic rings. The maximum Gasteiger partial charge on any atom is 0.417 e. The molecule has 0 saturated heterocycles. The van der Waals surface area contributed by atoms with Crippen molar-refractivity contribution in [2.75, 3.05) is 7.11 Å². The average molecular weight is 545 g/mol. The van der Waals surface area contributed by atoms with Crippen LogP contribution < -0.4 is 10.9 Å². The molecule has 2 heterocycles. The fourth-order valence-electron chi connectivity index (χ4n) is 4.26. The van der Waals surface area contributed by atoms with E-state index in [2.05, 4.69) is 10.3 Å². The predicted molar refractivity (Wildman–Crippen MR) is 131 cm³/mol. The summed E-state index contributed by atoms with van der Waals surface area (Å²) in [7, 11) is 2.37. The number of esters is 1. The highest BCUT2D eigenvalue weighted by molar-refractivity contribution is 5.99. The molecule has 0 radical (unpaired) electrons. The minimum absolute atomic E-state index is 0.0880. The maximum absolute atomic E-state index is 14.1. The molecule has 7 nitrogen and oxygen atoms in total. The third-order valence-electron chi connectivity index (χ3n) is 6.14. The Hall–Kier alpha value is -4.61. The number of pyridine rings is 2. The normalized spacial score (nSPS) is 12.3. The van der Waals surface area contributed by atoms with Gasteiger partial charge in [0.15, 0.2) is 0 Å². The minimum Gasteiger partial charge on any atom is -0.467 e. The van der Waals surface area contributed by atoms with E-state index in [1.807, 2.05) is 0 Å². The number of benzene rings is 2. The number of methoxy groups -OCH3 is 1. The van der Waals surface area contributed by atoms with Gasteiger partial charge >= 0.3 is 12.1 Å². The Bertz CT molecular complexity index is 1630. The van der Waals surface area contributed by atoms with E-state index in [4.69, 9.17) is 4.74 Å². The van der Waals surface area contributed by atoms with Crippen LogP contribution in [0, 0.1) is 11.6 Å². The van der Waals surface area contributed by atoms with Gasteiger partial charge in [0, 0.05) is 43.0 Å². The lowest BCUT2D eigenvalue weighted by molar-refractivity contribution is -0.142. The van der Waals surface area contributed by atoms with Crippen molar-refractivity contribution in [1.82, 2.24) is 14.9 Å². The topological polar surface area (TPSA) is 90.3 Å². The van der Waals surface area contributed by atoms with E-state index in [1.165, 1.54) is 31.4 Å². The first-order chi connectivity index (χ1) is 18.4. The number of aryl methyl sites for hydroxylation is 1. The van der Waals surface area contributed by atoms with Gasteiger partial charge in [-0.3, -0.25) is 14.6 Å². The van der Waals surface area contributed by atoms with Gasteiger partial charge in [0.05, 0.1) is 18.2 Å². The lowest BCUT2D eigenvalue weighted by Crippen LogP contribution is -2.43. The van der Waals surface area contributed by atoms with E-state index < -0.39 is 58.0 Å². The van der Waals surface area contributed by atoms with Gasteiger partial charge in [0.2, 0.25) is 0 Å². The first-order valence-electron chi connectivity index (χ1n) is 11.4. The lowest BCUT2D eigenvalue weighted by Gasteiger charge is -2.19. The van der Waals surface area contributed by atoms with Crippen LogP contribution in [0.2, 0.25) is 0 Å². The molecule has 12 heteroatoms. The molecule has 0 aliphatic carbocycles. The minimum atomic E-state index is -4.83. The van der Waals surface area contributed by atoms with Crippen molar-refractivity contribution in [3.63, 3.8) is 0 Å². The molecule has 39 heavy (non-hydrogen) atoms. The third kappa shape index (κ3) is 5.35. The van der Waals surface area contributed by atoms with Gasteiger partial charge in [-0.25, -0.2) is 13.6 Å². The smallest absolute Gasteiger partial charge is 0.417 e. The highest BCUT2D eigenvalue weighted by Crippen LogP contribution is 2.37. The highest BCUT2D eigenvalue weighted by atomic mass is 19.4. The Labute approximate surface area is 217 Å². The zero-order valence-corrected chi connectivity index (χ0v) is 20.5. The van der Waals surface area contributed by atoms with Crippen LogP contribution in [0.5, 0.6) is 0 Å². The molecule has 4 aromatic rings. The molecule has 0 unspecified atom stereocenters. The van der Waals surface area contributed by atoms with Crippen molar-refractivity contribution in [3.05, 3.63) is 99.7 Å². The summed E-state index contributed by atoms with van der Waals surface area (Å²) < 4.78 is 75.5. The van der Waals surface area contributed by atoms with Crippen molar-refractivity contribution >= 4 is 22.6 Å². The SMILES string of the molecule is COC(=O)[C@H](Cc1cccc2c(-c3c(C(F)(F)F)ccn(C)c3=O)cncc12)NC(=O)c1c(F)cccc1F. The number of nitrogens with zero attached hydrogens (tertiary/aromatic N) is 2. The molecule has 0 aliphatic heterocycles. The van der Waals surface area contributed by atoms with Gasteiger partial charge in [-0.15, -0.1) is 0 Å². The molecule has 0 fully saturated rings. The molecule has 0 saturated carbocycles. The molecular formula is C27H20F5N3O4. The number of nitrogens with one attached hydrogen (secondary N) is 1. The molecule has 1 amide bonds. The summed E-state index contributed by atoms with van der Waals surface area (Å²) in [5.74, 6) is -4.42. The Kier molecular flexibility index (Phi) is 7.48. The summed E-state index contributed by atoms with van der Waals surface area (Å²) in [4.78, 5) is 42.0. The summed E-state index contributed by atoms with van der Waals surface area (Å²) in [6.07, 6.45) is -1.61. The number of hydrogen-bond donors (Lipinski definition) is 1. The molecule has 2 aromatic heterocycles. The molecule has 1 N–H and O–H groups in total. The summed E-state index contributed by atoms with van der Waals surface area (Å²) in [5, 5.41) is 2.77. The van der Waals surface area contributed by atoms with E-state index in [1.54, 1.807) is 0 Å². The second-order valence-electron chi connectivity index (χ2n) is 8.57. The highest BCUT2D eigenvalue weighted by Gasteiger charge is 2.36. The van der Waals surface area contributed by atoms with Crippen LogP contribution in [-0.2, 0) is 29.2 Å². The van der Waals surface area contributed by atoms with Crippen LogP contribution in [0.3, 0.4) is 0 Å². The number of halogens is 5.